The van der Waals surface area contributed by atoms with Gasteiger partial charge in [0.2, 0.25) is 0 Å². The molecule has 0 atom stereocenters. The average molecular weight is 253 g/mol. The minimum absolute atomic E-state index is 0.119. The number of pyridine rings is 2. The zero-order valence-corrected chi connectivity index (χ0v) is 9.28. The highest BCUT2D eigenvalue weighted by atomic mass is 19.4. The lowest BCUT2D eigenvalue weighted by Gasteiger charge is -2.07. The molecule has 0 saturated carbocycles. The highest BCUT2D eigenvalue weighted by Gasteiger charge is 2.27. The van der Waals surface area contributed by atoms with Gasteiger partial charge in [-0.2, -0.15) is 13.2 Å². The van der Waals surface area contributed by atoms with Crippen molar-refractivity contribution in [2.45, 2.75) is 12.6 Å². The fourth-order valence-electron chi connectivity index (χ4n) is 1.54. The molecule has 0 aliphatic heterocycles. The summed E-state index contributed by atoms with van der Waals surface area (Å²) in [6.45, 7) is 0. The van der Waals surface area contributed by atoms with Crippen LogP contribution in [0.15, 0.2) is 36.8 Å². The molecule has 3 nitrogen and oxygen atoms in total. The van der Waals surface area contributed by atoms with Crippen LogP contribution in [0.3, 0.4) is 0 Å². The van der Waals surface area contributed by atoms with E-state index in [0.717, 1.165) is 0 Å². The number of rotatable bonds is 2. The molecule has 0 bridgehead atoms. The van der Waals surface area contributed by atoms with Crippen molar-refractivity contribution in [3.63, 3.8) is 0 Å². The summed E-state index contributed by atoms with van der Waals surface area (Å²) in [6, 6.07) is 4.51. The Hall–Kier alpha value is -2.11. The minimum Gasteiger partial charge on any atom is -0.398 e. The Morgan fingerprint density at radius 3 is 2.44 bits per heavy atom. The Balaban J connectivity index is 2.26. The largest absolute Gasteiger partial charge is 0.398 e. The number of nitrogens with zero attached hydrogens (tertiary/aromatic N) is 2. The van der Waals surface area contributed by atoms with Crippen LogP contribution in [0.5, 0.6) is 0 Å². The molecule has 2 rings (SSSR count). The van der Waals surface area contributed by atoms with Gasteiger partial charge < -0.3 is 5.73 Å². The number of aromatic nitrogens is 2. The summed E-state index contributed by atoms with van der Waals surface area (Å²) in [7, 11) is 0. The van der Waals surface area contributed by atoms with Crippen LogP contribution in [-0.4, -0.2) is 16.1 Å². The van der Waals surface area contributed by atoms with Gasteiger partial charge in [0.1, 0.15) is 0 Å². The smallest absolute Gasteiger partial charge is 0.393 e. The predicted octanol–water partition coefficient (Wildman–Crippen LogP) is 2.83. The van der Waals surface area contributed by atoms with E-state index >= 15 is 0 Å². The molecule has 2 aromatic heterocycles. The van der Waals surface area contributed by atoms with E-state index in [4.69, 9.17) is 5.73 Å². The third kappa shape index (κ3) is 2.97. The van der Waals surface area contributed by atoms with Crippen LogP contribution < -0.4 is 5.73 Å². The maximum Gasteiger partial charge on any atom is 0.393 e. The van der Waals surface area contributed by atoms with E-state index in [9.17, 15) is 13.2 Å². The van der Waals surface area contributed by atoms with Gasteiger partial charge in [-0.1, -0.05) is 6.07 Å². The summed E-state index contributed by atoms with van der Waals surface area (Å²) in [4.78, 5) is 7.88. The zero-order chi connectivity index (χ0) is 13.2. The molecule has 94 valence electrons. The van der Waals surface area contributed by atoms with Crippen LogP contribution >= 0.6 is 0 Å². The van der Waals surface area contributed by atoms with Crippen molar-refractivity contribution in [3.8, 4) is 11.3 Å². The highest BCUT2D eigenvalue weighted by Crippen LogP contribution is 2.25. The van der Waals surface area contributed by atoms with E-state index in [-0.39, 0.29) is 5.56 Å². The molecule has 0 fully saturated rings. The molecule has 0 radical (unpaired) electrons. The number of alkyl halides is 3. The number of nitrogens with two attached hydrogens (primary N) is 1. The van der Waals surface area contributed by atoms with Gasteiger partial charge in [-0.15, -0.1) is 0 Å². The summed E-state index contributed by atoms with van der Waals surface area (Å²) < 4.78 is 36.5. The molecule has 0 aliphatic carbocycles. The van der Waals surface area contributed by atoms with Gasteiger partial charge in [-0.3, -0.25) is 9.97 Å². The maximum atomic E-state index is 12.2. The van der Waals surface area contributed by atoms with E-state index in [2.05, 4.69) is 9.97 Å². The van der Waals surface area contributed by atoms with Crippen molar-refractivity contribution in [1.29, 1.82) is 0 Å². The fraction of sp³-hybridized carbons (Fsp3) is 0.167. The molecule has 0 saturated heterocycles. The molecule has 0 amide bonds. The SMILES string of the molecule is Nc1ccncc1-c1ccc(CC(F)(F)F)cn1. The third-order valence-corrected chi connectivity index (χ3v) is 2.36. The topological polar surface area (TPSA) is 51.8 Å². The van der Waals surface area contributed by atoms with Crippen molar-refractivity contribution < 1.29 is 13.2 Å². The molecular weight excluding hydrogens is 243 g/mol. The molecule has 2 N–H and O–H groups in total. The van der Waals surface area contributed by atoms with Crippen LogP contribution in [0.2, 0.25) is 0 Å². The lowest BCUT2D eigenvalue weighted by molar-refractivity contribution is -0.127. The highest BCUT2D eigenvalue weighted by molar-refractivity contribution is 5.72. The van der Waals surface area contributed by atoms with Gasteiger partial charge >= 0.3 is 6.18 Å². The Labute approximate surface area is 101 Å². The zero-order valence-electron chi connectivity index (χ0n) is 9.28. The van der Waals surface area contributed by atoms with E-state index in [1.807, 2.05) is 0 Å². The molecule has 0 unspecified atom stereocenters. The molecule has 0 aliphatic rings. The number of nitrogen functional groups attached to an aromatic ring is 1. The van der Waals surface area contributed by atoms with Crippen LogP contribution in [0.4, 0.5) is 18.9 Å². The summed E-state index contributed by atoms with van der Waals surface area (Å²) in [5.74, 6) is 0. The molecular formula is C12H10F3N3. The van der Waals surface area contributed by atoms with E-state index < -0.39 is 12.6 Å². The summed E-state index contributed by atoms with van der Waals surface area (Å²) in [5.41, 5.74) is 7.45. The lowest BCUT2D eigenvalue weighted by Crippen LogP contribution is -2.11. The first kappa shape index (κ1) is 12.3. The van der Waals surface area contributed by atoms with Gasteiger partial charge in [-0.25, -0.2) is 0 Å². The molecule has 2 aromatic rings. The summed E-state index contributed by atoms with van der Waals surface area (Å²) in [6.07, 6.45) is -0.938. The van der Waals surface area contributed by atoms with Crippen molar-refractivity contribution >= 4 is 5.69 Å². The molecule has 0 spiro atoms. The maximum absolute atomic E-state index is 12.2. The van der Waals surface area contributed by atoms with Crippen molar-refractivity contribution in [2.24, 2.45) is 0 Å². The summed E-state index contributed by atoms with van der Waals surface area (Å²) >= 11 is 0. The Bertz CT molecular complexity index is 535. The first-order valence-electron chi connectivity index (χ1n) is 5.17. The first-order chi connectivity index (χ1) is 8.46. The molecule has 18 heavy (non-hydrogen) atoms. The van der Waals surface area contributed by atoms with Gasteiger partial charge in [-0.05, 0) is 17.7 Å². The standard InChI is InChI=1S/C12H10F3N3/c13-12(14,15)5-8-1-2-11(18-6-8)9-7-17-4-3-10(9)16/h1-4,6-7H,5H2,(H2,16,17). The predicted molar refractivity (Wildman–Crippen MR) is 61.6 cm³/mol. The second kappa shape index (κ2) is 4.64. The third-order valence-electron chi connectivity index (χ3n) is 2.36. The lowest BCUT2D eigenvalue weighted by atomic mass is 10.1. The monoisotopic (exact) mass is 253 g/mol. The van der Waals surface area contributed by atoms with E-state index in [1.165, 1.54) is 30.7 Å². The number of hydrogen-bond donors (Lipinski definition) is 1. The van der Waals surface area contributed by atoms with Crippen molar-refractivity contribution in [3.05, 3.63) is 42.4 Å². The fourth-order valence-corrected chi connectivity index (χ4v) is 1.54. The summed E-state index contributed by atoms with van der Waals surface area (Å²) in [5, 5.41) is 0. The van der Waals surface area contributed by atoms with Crippen LogP contribution in [0.1, 0.15) is 5.56 Å². The average Bonchev–Trinajstić information content (AvgIpc) is 2.29. The Morgan fingerprint density at radius 2 is 1.89 bits per heavy atom. The molecule has 6 heteroatoms. The molecule has 2 heterocycles. The normalized spacial score (nSPS) is 11.5. The second-order valence-corrected chi connectivity index (χ2v) is 3.81. The molecule has 0 aromatic carbocycles. The first-order valence-corrected chi connectivity index (χ1v) is 5.17. The Morgan fingerprint density at radius 1 is 1.11 bits per heavy atom. The minimum atomic E-state index is -4.23. The van der Waals surface area contributed by atoms with Gasteiger partial charge in [0.25, 0.3) is 0 Å². The van der Waals surface area contributed by atoms with Crippen molar-refractivity contribution in [1.82, 2.24) is 9.97 Å². The quantitative estimate of drug-likeness (QED) is 0.895. The number of anilines is 1. The van der Waals surface area contributed by atoms with Gasteiger partial charge in [0.05, 0.1) is 12.1 Å². The van der Waals surface area contributed by atoms with E-state index in [1.54, 1.807) is 6.07 Å². The van der Waals surface area contributed by atoms with Crippen molar-refractivity contribution in [2.75, 3.05) is 5.73 Å². The Kier molecular flexibility index (Phi) is 3.18. The van der Waals surface area contributed by atoms with Gasteiger partial charge in [0.15, 0.2) is 0 Å². The number of halogens is 3. The number of hydrogen-bond acceptors (Lipinski definition) is 3. The van der Waals surface area contributed by atoms with Crippen LogP contribution in [-0.2, 0) is 6.42 Å². The van der Waals surface area contributed by atoms with Crippen LogP contribution in [0.25, 0.3) is 11.3 Å². The van der Waals surface area contributed by atoms with E-state index in [0.29, 0.717) is 16.9 Å². The van der Waals surface area contributed by atoms with Crippen LogP contribution in [0, 0.1) is 0 Å². The second-order valence-electron chi connectivity index (χ2n) is 3.81. The van der Waals surface area contributed by atoms with Gasteiger partial charge in [0, 0.05) is 29.8 Å².